The summed E-state index contributed by atoms with van der Waals surface area (Å²) in [5.74, 6) is 0.310. The highest BCUT2D eigenvalue weighted by Crippen LogP contribution is 2.19. The van der Waals surface area contributed by atoms with Gasteiger partial charge in [0.05, 0.1) is 0 Å². The topological polar surface area (TPSA) is 70.5 Å². The molecule has 2 heterocycles. The Morgan fingerprint density at radius 1 is 0.906 bits per heavy atom. The number of nitrogens with zero attached hydrogens (tertiary/aromatic N) is 4. The maximum Gasteiger partial charge on any atom is 0.255 e. The molecule has 1 fully saturated rings. The molecule has 0 aliphatic carbocycles. The van der Waals surface area contributed by atoms with Crippen LogP contribution in [0.1, 0.15) is 16.8 Å². The van der Waals surface area contributed by atoms with Crippen LogP contribution in [0.25, 0.3) is 0 Å². The molecule has 0 saturated carbocycles. The summed E-state index contributed by atoms with van der Waals surface area (Å²) in [6, 6.07) is 17.7. The van der Waals surface area contributed by atoms with Gasteiger partial charge < -0.3 is 15.1 Å². The van der Waals surface area contributed by atoms with Crippen LogP contribution in [-0.2, 0) is 11.3 Å². The number of carbonyl (C=O) groups is 1. The SMILES string of the molecule is Cc1cc(C)cc(NC(=O)Cn2c(N3CCN(c4ccccc4)CC3)nc(C)cc2=O)c1. The highest BCUT2D eigenvalue weighted by atomic mass is 16.2. The predicted molar refractivity (Wildman–Crippen MR) is 129 cm³/mol. The van der Waals surface area contributed by atoms with Gasteiger partial charge in [-0.25, -0.2) is 4.98 Å². The second-order valence-corrected chi connectivity index (χ2v) is 8.36. The molecule has 7 nitrogen and oxygen atoms in total. The highest BCUT2D eigenvalue weighted by Gasteiger charge is 2.22. The molecule has 1 saturated heterocycles. The fourth-order valence-electron chi connectivity index (χ4n) is 4.19. The summed E-state index contributed by atoms with van der Waals surface area (Å²) in [5.41, 5.74) is 4.51. The first kappa shape index (κ1) is 21.6. The van der Waals surface area contributed by atoms with Crippen LogP contribution < -0.4 is 20.7 Å². The Morgan fingerprint density at radius 2 is 1.53 bits per heavy atom. The van der Waals surface area contributed by atoms with Crippen molar-refractivity contribution in [1.82, 2.24) is 9.55 Å². The van der Waals surface area contributed by atoms with Crippen LogP contribution in [-0.4, -0.2) is 41.6 Å². The minimum Gasteiger partial charge on any atom is -0.368 e. The molecule has 1 aliphatic heterocycles. The first-order valence-electron chi connectivity index (χ1n) is 10.9. The van der Waals surface area contributed by atoms with Gasteiger partial charge in [0.1, 0.15) is 6.54 Å². The Labute approximate surface area is 188 Å². The Kier molecular flexibility index (Phi) is 6.25. The number of piperazine rings is 1. The second-order valence-electron chi connectivity index (χ2n) is 8.36. The highest BCUT2D eigenvalue weighted by molar-refractivity contribution is 5.91. The summed E-state index contributed by atoms with van der Waals surface area (Å²) in [5, 5.41) is 2.92. The molecular formula is C25H29N5O2. The van der Waals surface area contributed by atoms with Gasteiger partial charge in [-0.1, -0.05) is 24.3 Å². The van der Waals surface area contributed by atoms with Crippen LogP contribution in [0.2, 0.25) is 0 Å². The number of anilines is 3. The number of amides is 1. The van der Waals surface area contributed by atoms with E-state index in [9.17, 15) is 9.59 Å². The van der Waals surface area contributed by atoms with Crippen LogP contribution in [0.15, 0.2) is 59.4 Å². The number of hydrogen-bond donors (Lipinski definition) is 1. The molecule has 0 atom stereocenters. The van der Waals surface area contributed by atoms with Crippen molar-refractivity contribution in [3.05, 3.63) is 81.8 Å². The third-order valence-electron chi connectivity index (χ3n) is 5.61. The standard InChI is InChI=1S/C25H29N5O2/c1-18-13-19(2)15-21(14-18)27-23(31)17-30-24(32)16-20(3)26-25(30)29-11-9-28(10-12-29)22-7-5-4-6-8-22/h4-8,13-16H,9-12,17H2,1-3H3,(H,27,31). The molecule has 1 aromatic heterocycles. The minimum atomic E-state index is -0.244. The molecule has 0 bridgehead atoms. The molecule has 3 aromatic rings. The van der Waals surface area contributed by atoms with Gasteiger partial charge in [-0.05, 0) is 56.2 Å². The van der Waals surface area contributed by atoms with Gasteiger partial charge in [-0.15, -0.1) is 0 Å². The van der Waals surface area contributed by atoms with E-state index >= 15 is 0 Å². The zero-order chi connectivity index (χ0) is 22.7. The van der Waals surface area contributed by atoms with Gasteiger partial charge in [0.2, 0.25) is 11.9 Å². The normalized spacial score (nSPS) is 13.8. The average molecular weight is 432 g/mol. The molecule has 32 heavy (non-hydrogen) atoms. The Morgan fingerprint density at radius 3 is 2.19 bits per heavy atom. The number of aryl methyl sites for hydroxylation is 3. The summed E-state index contributed by atoms with van der Waals surface area (Å²) in [6.07, 6.45) is 0. The van der Waals surface area contributed by atoms with Crippen molar-refractivity contribution in [2.24, 2.45) is 0 Å². The monoisotopic (exact) mass is 431 g/mol. The van der Waals surface area contributed by atoms with Crippen molar-refractivity contribution in [2.75, 3.05) is 41.3 Å². The molecular weight excluding hydrogens is 402 g/mol. The first-order valence-corrected chi connectivity index (χ1v) is 10.9. The zero-order valence-electron chi connectivity index (χ0n) is 18.8. The fourth-order valence-corrected chi connectivity index (χ4v) is 4.19. The number of carbonyl (C=O) groups excluding carboxylic acids is 1. The smallest absolute Gasteiger partial charge is 0.255 e. The van der Waals surface area contributed by atoms with E-state index < -0.39 is 0 Å². The summed E-state index contributed by atoms with van der Waals surface area (Å²) in [7, 11) is 0. The zero-order valence-corrected chi connectivity index (χ0v) is 18.8. The predicted octanol–water partition coefficient (Wildman–Crippen LogP) is 3.13. The quantitative estimate of drug-likeness (QED) is 0.672. The van der Waals surface area contributed by atoms with Gasteiger partial charge in [-0.3, -0.25) is 14.2 Å². The number of rotatable bonds is 5. The molecule has 1 aliphatic rings. The minimum absolute atomic E-state index is 0.0761. The van der Waals surface area contributed by atoms with E-state index in [1.165, 1.54) is 16.3 Å². The molecule has 166 valence electrons. The summed E-state index contributed by atoms with van der Waals surface area (Å²) >= 11 is 0. The van der Waals surface area contributed by atoms with Crippen LogP contribution >= 0.6 is 0 Å². The number of para-hydroxylation sites is 1. The van der Waals surface area contributed by atoms with E-state index in [0.717, 1.165) is 43.0 Å². The van der Waals surface area contributed by atoms with Crippen molar-refractivity contribution in [3.63, 3.8) is 0 Å². The lowest BCUT2D eigenvalue weighted by Crippen LogP contribution is -2.48. The van der Waals surface area contributed by atoms with Gasteiger partial charge in [0, 0.05) is 49.3 Å². The van der Waals surface area contributed by atoms with E-state index in [0.29, 0.717) is 11.6 Å². The molecule has 0 spiro atoms. The van der Waals surface area contributed by atoms with E-state index in [1.54, 1.807) is 0 Å². The second kappa shape index (κ2) is 9.26. The van der Waals surface area contributed by atoms with E-state index in [4.69, 9.17) is 0 Å². The maximum atomic E-state index is 12.8. The molecule has 0 unspecified atom stereocenters. The van der Waals surface area contributed by atoms with Crippen molar-refractivity contribution in [1.29, 1.82) is 0 Å². The lowest BCUT2D eigenvalue weighted by atomic mass is 10.1. The number of benzene rings is 2. The lowest BCUT2D eigenvalue weighted by Gasteiger charge is -2.37. The van der Waals surface area contributed by atoms with E-state index in [2.05, 4.69) is 38.3 Å². The molecule has 2 aromatic carbocycles. The third-order valence-corrected chi connectivity index (χ3v) is 5.61. The molecule has 7 heteroatoms. The molecule has 1 amide bonds. The molecule has 0 radical (unpaired) electrons. The van der Waals surface area contributed by atoms with Gasteiger partial charge in [-0.2, -0.15) is 0 Å². The summed E-state index contributed by atoms with van der Waals surface area (Å²) < 4.78 is 1.48. The third kappa shape index (κ3) is 4.99. The average Bonchev–Trinajstić information content (AvgIpc) is 2.75. The van der Waals surface area contributed by atoms with E-state index in [1.807, 2.05) is 51.1 Å². The summed E-state index contributed by atoms with van der Waals surface area (Å²) in [6.45, 7) is 8.81. The van der Waals surface area contributed by atoms with Crippen molar-refractivity contribution >= 4 is 23.2 Å². The number of hydrogen-bond acceptors (Lipinski definition) is 5. The molecule has 1 N–H and O–H groups in total. The fraction of sp³-hybridized carbons (Fsp3) is 0.320. The van der Waals surface area contributed by atoms with Gasteiger partial charge in [0.25, 0.3) is 5.56 Å². The van der Waals surface area contributed by atoms with Gasteiger partial charge in [0.15, 0.2) is 0 Å². The van der Waals surface area contributed by atoms with Crippen molar-refractivity contribution in [3.8, 4) is 0 Å². The van der Waals surface area contributed by atoms with Crippen molar-refractivity contribution < 1.29 is 4.79 Å². The van der Waals surface area contributed by atoms with Crippen LogP contribution in [0.3, 0.4) is 0 Å². The first-order chi connectivity index (χ1) is 15.4. The van der Waals surface area contributed by atoms with E-state index in [-0.39, 0.29) is 18.0 Å². The Bertz CT molecular complexity index is 1140. The number of aromatic nitrogens is 2. The van der Waals surface area contributed by atoms with Crippen LogP contribution in [0.5, 0.6) is 0 Å². The molecule has 4 rings (SSSR count). The van der Waals surface area contributed by atoms with Gasteiger partial charge >= 0.3 is 0 Å². The Balaban J connectivity index is 1.51. The largest absolute Gasteiger partial charge is 0.368 e. The van der Waals surface area contributed by atoms with Crippen LogP contribution in [0.4, 0.5) is 17.3 Å². The van der Waals surface area contributed by atoms with Crippen LogP contribution in [0, 0.1) is 20.8 Å². The van der Waals surface area contributed by atoms with Crippen molar-refractivity contribution in [2.45, 2.75) is 27.3 Å². The number of nitrogens with one attached hydrogen (secondary N) is 1. The maximum absolute atomic E-state index is 12.8. The Hall–Kier alpha value is -3.61. The lowest BCUT2D eigenvalue weighted by molar-refractivity contribution is -0.116. The summed E-state index contributed by atoms with van der Waals surface area (Å²) in [4.78, 5) is 34.6.